The Morgan fingerprint density at radius 3 is 0.736 bits per heavy atom. The summed E-state index contributed by atoms with van der Waals surface area (Å²) in [5.41, 5.74) is 20.4. The molecule has 0 amide bonds. The zero-order valence-corrected chi connectivity index (χ0v) is 49.6. The van der Waals surface area contributed by atoms with E-state index < -0.39 is 0 Å². The third-order valence-electron chi connectivity index (χ3n) is 15.4. The van der Waals surface area contributed by atoms with Gasteiger partial charge < -0.3 is 20.0 Å². The molecule has 0 saturated carbocycles. The number of aliphatic imine (C=N–C) groups is 2. The number of rotatable bonds is 16. The summed E-state index contributed by atoms with van der Waals surface area (Å²) >= 11 is 0. The molecule has 0 fully saturated rings. The van der Waals surface area contributed by atoms with Gasteiger partial charge in [0, 0.05) is 78.7 Å². The standard InChI is InChI=1S/C80H58N4O2.Pt/c85-77-49-61(79-71(57-27-9-1-10-28-57)51-69(52-72(79)58-29-11-2-12-30-58)83(65-35-17-5-18-36-65)66-37-19-6-20-38-66)45-47-63(77)55-81-75-43-25-26-44-76(75)82-56-64-48-46-62(50-78(64)86)80-73(59-31-13-3-14-32-59)53-70(54-74(80)60-33-15-4-16-34-60)84(67-39-21-7-22-40-67)68-41-23-8-24-42-68;/h1-56,85-86H;. The predicted molar refractivity (Wildman–Crippen MR) is 359 cm³/mol. The zero-order valence-electron chi connectivity index (χ0n) is 47.3. The minimum absolute atomic E-state index is 0. The van der Waals surface area contributed by atoms with E-state index in [1.165, 1.54) is 0 Å². The number of para-hydroxylation sites is 6. The minimum Gasteiger partial charge on any atom is -0.507 e. The number of hydrogen-bond acceptors (Lipinski definition) is 6. The minimum atomic E-state index is 0. The van der Waals surface area contributed by atoms with E-state index in [2.05, 4.69) is 240 Å². The molecule has 0 aliphatic carbocycles. The van der Waals surface area contributed by atoms with Gasteiger partial charge in [-0.15, -0.1) is 0 Å². The zero-order chi connectivity index (χ0) is 58.0. The molecule has 0 unspecified atom stereocenters. The normalized spacial score (nSPS) is 11.1. The second-order valence-electron chi connectivity index (χ2n) is 20.9. The van der Waals surface area contributed by atoms with E-state index in [9.17, 15) is 10.2 Å². The summed E-state index contributed by atoms with van der Waals surface area (Å²) in [6.07, 6.45) is 3.35. The van der Waals surface area contributed by atoms with Crippen LogP contribution in [0.15, 0.2) is 338 Å². The number of phenols is 2. The molecule has 0 bridgehead atoms. The van der Waals surface area contributed by atoms with Crippen LogP contribution in [0.5, 0.6) is 11.5 Å². The van der Waals surface area contributed by atoms with Crippen molar-refractivity contribution in [2.75, 3.05) is 9.80 Å². The average Bonchev–Trinajstić information content (AvgIpc) is 1.27. The maximum Gasteiger partial charge on any atom is 0.124 e. The molecule has 0 heterocycles. The van der Waals surface area contributed by atoms with Crippen molar-refractivity contribution in [1.82, 2.24) is 0 Å². The third kappa shape index (κ3) is 12.4. The molecule has 2 N–H and O–H groups in total. The van der Waals surface area contributed by atoms with Crippen LogP contribution in [0.1, 0.15) is 11.1 Å². The van der Waals surface area contributed by atoms with Gasteiger partial charge in [-0.1, -0.05) is 218 Å². The number of phenolic OH excluding ortho intramolecular Hbond substituents is 2. The second kappa shape index (κ2) is 26.3. The van der Waals surface area contributed by atoms with Gasteiger partial charge >= 0.3 is 0 Å². The molecule has 0 aromatic heterocycles. The summed E-state index contributed by atoms with van der Waals surface area (Å²) in [5, 5.41) is 24.0. The van der Waals surface area contributed by atoms with E-state index in [4.69, 9.17) is 9.98 Å². The van der Waals surface area contributed by atoms with Crippen molar-refractivity contribution in [3.63, 3.8) is 0 Å². The molecule has 13 aromatic rings. The molecule has 0 atom stereocenters. The summed E-state index contributed by atoms with van der Waals surface area (Å²) in [6, 6.07) is 112. The Morgan fingerprint density at radius 2 is 0.483 bits per heavy atom. The molecule has 420 valence electrons. The fourth-order valence-electron chi connectivity index (χ4n) is 11.3. The van der Waals surface area contributed by atoms with E-state index in [0.29, 0.717) is 22.5 Å². The van der Waals surface area contributed by atoms with Gasteiger partial charge in [0.2, 0.25) is 0 Å². The Hall–Kier alpha value is -10.9. The van der Waals surface area contributed by atoms with Gasteiger partial charge in [0.05, 0.1) is 11.4 Å². The van der Waals surface area contributed by atoms with Crippen LogP contribution in [0.2, 0.25) is 0 Å². The van der Waals surface area contributed by atoms with Crippen LogP contribution in [0.3, 0.4) is 0 Å². The fraction of sp³-hybridized carbons (Fsp3) is 0. The number of nitrogens with zero attached hydrogens (tertiary/aromatic N) is 4. The Bertz CT molecular complexity index is 4020. The summed E-state index contributed by atoms with van der Waals surface area (Å²) in [4.78, 5) is 14.4. The van der Waals surface area contributed by atoms with Crippen LogP contribution >= 0.6 is 0 Å². The molecule has 0 spiro atoms. The molecule has 0 radical (unpaired) electrons. The largest absolute Gasteiger partial charge is 0.507 e. The van der Waals surface area contributed by atoms with Gasteiger partial charge in [-0.25, -0.2) is 0 Å². The van der Waals surface area contributed by atoms with Crippen LogP contribution < -0.4 is 9.80 Å². The maximum atomic E-state index is 12.0. The van der Waals surface area contributed by atoms with E-state index in [1.807, 2.05) is 97.1 Å². The first-order valence-electron chi connectivity index (χ1n) is 28.7. The van der Waals surface area contributed by atoms with Crippen molar-refractivity contribution in [2.24, 2.45) is 9.98 Å². The fourth-order valence-corrected chi connectivity index (χ4v) is 11.3. The quantitative estimate of drug-likeness (QED) is 0.0946. The van der Waals surface area contributed by atoms with E-state index >= 15 is 0 Å². The molecule has 6 nitrogen and oxygen atoms in total. The molecule has 13 rings (SSSR count). The van der Waals surface area contributed by atoms with Crippen LogP contribution in [0.25, 0.3) is 66.8 Å². The Kier molecular flexibility index (Phi) is 17.1. The van der Waals surface area contributed by atoms with Crippen LogP contribution in [-0.4, -0.2) is 22.6 Å². The third-order valence-corrected chi connectivity index (χ3v) is 15.4. The Balaban J connectivity index is 0.00000739. The van der Waals surface area contributed by atoms with Gasteiger partial charge in [-0.3, -0.25) is 9.98 Å². The maximum absolute atomic E-state index is 12.0. The van der Waals surface area contributed by atoms with Gasteiger partial charge in [0.15, 0.2) is 0 Å². The topological polar surface area (TPSA) is 71.7 Å². The summed E-state index contributed by atoms with van der Waals surface area (Å²) in [6.45, 7) is 0. The molecule has 13 aromatic carbocycles. The summed E-state index contributed by atoms with van der Waals surface area (Å²) < 4.78 is 0. The van der Waals surface area contributed by atoms with Crippen molar-refractivity contribution in [1.29, 1.82) is 0 Å². The van der Waals surface area contributed by atoms with E-state index in [1.54, 1.807) is 12.4 Å². The van der Waals surface area contributed by atoms with Crippen molar-refractivity contribution < 1.29 is 31.3 Å². The van der Waals surface area contributed by atoms with Crippen LogP contribution in [-0.2, 0) is 21.1 Å². The monoisotopic (exact) mass is 1300 g/mol. The van der Waals surface area contributed by atoms with Crippen LogP contribution in [0.4, 0.5) is 45.5 Å². The van der Waals surface area contributed by atoms with Gasteiger partial charge in [-0.05, 0) is 176 Å². The first-order valence-corrected chi connectivity index (χ1v) is 28.7. The number of hydrogen-bond donors (Lipinski definition) is 2. The van der Waals surface area contributed by atoms with Gasteiger partial charge in [-0.2, -0.15) is 0 Å². The van der Waals surface area contributed by atoms with Crippen molar-refractivity contribution in [3.05, 3.63) is 339 Å². The number of benzene rings is 13. The molecule has 0 saturated heterocycles. The SMILES string of the molecule is Oc1cc(-c2c(-c3ccccc3)cc(N(c3ccccc3)c3ccccc3)cc2-c2ccccc2)ccc1C=Nc1ccccc1N=Cc1ccc(-c2c(-c3ccccc3)cc(N(c3ccccc3)c3ccccc3)cc2-c2ccccc2)cc1O.[Pt]. The molecular weight excluding hydrogens is 1240 g/mol. The van der Waals surface area contributed by atoms with Crippen molar-refractivity contribution >= 4 is 57.9 Å². The van der Waals surface area contributed by atoms with Crippen molar-refractivity contribution in [2.45, 2.75) is 0 Å². The van der Waals surface area contributed by atoms with Crippen molar-refractivity contribution in [3.8, 4) is 78.3 Å². The number of anilines is 6. The second-order valence-corrected chi connectivity index (χ2v) is 20.9. The number of aromatic hydroxyl groups is 2. The molecule has 0 aliphatic rings. The van der Waals surface area contributed by atoms with E-state index in [0.717, 1.165) is 101 Å². The smallest absolute Gasteiger partial charge is 0.124 e. The van der Waals surface area contributed by atoms with E-state index in [-0.39, 0.29) is 32.6 Å². The Labute approximate surface area is 522 Å². The molecule has 7 heteroatoms. The first-order chi connectivity index (χ1) is 42.5. The molecule has 0 aliphatic heterocycles. The average molecular weight is 1300 g/mol. The summed E-state index contributed by atoms with van der Waals surface area (Å²) in [7, 11) is 0. The Morgan fingerprint density at radius 1 is 0.241 bits per heavy atom. The van der Waals surface area contributed by atoms with Crippen LogP contribution in [0, 0.1) is 0 Å². The summed E-state index contributed by atoms with van der Waals surface area (Å²) in [5.74, 6) is 0.166. The first kappa shape index (κ1) is 56.6. The predicted octanol–water partition coefficient (Wildman–Crippen LogP) is 21.5. The van der Waals surface area contributed by atoms with Gasteiger partial charge in [0.1, 0.15) is 11.5 Å². The molecule has 87 heavy (non-hydrogen) atoms. The van der Waals surface area contributed by atoms with Gasteiger partial charge in [0.25, 0.3) is 0 Å². The molecular formula is C80H58N4O2Pt.